The van der Waals surface area contributed by atoms with Crippen LogP contribution < -0.4 is 9.62 Å². The Morgan fingerprint density at radius 2 is 1.83 bits per heavy atom. The number of imidazole rings is 1. The van der Waals surface area contributed by atoms with E-state index in [2.05, 4.69) is 40.2 Å². The predicted octanol–water partition coefficient (Wildman–Crippen LogP) is 1.88. The van der Waals surface area contributed by atoms with Gasteiger partial charge in [0, 0.05) is 12.4 Å². The van der Waals surface area contributed by atoms with Crippen molar-refractivity contribution < 1.29 is 8.42 Å². The molecule has 0 saturated carbocycles. The molecular formula is C18H15N9O2S. The van der Waals surface area contributed by atoms with E-state index < -0.39 is 16.1 Å². The Morgan fingerprint density at radius 3 is 2.67 bits per heavy atom. The molecule has 0 amide bonds. The number of benzene rings is 1. The molecule has 12 heteroatoms. The first-order valence-electron chi connectivity index (χ1n) is 8.96. The van der Waals surface area contributed by atoms with Crippen LogP contribution in [0.1, 0.15) is 6.92 Å². The first kappa shape index (κ1) is 18.1. The lowest BCUT2D eigenvalue weighted by atomic mass is 10.2. The van der Waals surface area contributed by atoms with Crippen LogP contribution in [0, 0.1) is 0 Å². The van der Waals surface area contributed by atoms with Gasteiger partial charge in [0.2, 0.25) is 5.03 Å². The SMILES string of the molecule is CC(Nc1ncnc2nc[nH]c12)C1=Nc2nccnc2S(=O)(=O)N1c1ccccc1. The predicted molar refractivity (Wildman–Crippen MR) is 110 cm³/mol. The first-order chi connectivity index (χ1) is 14.6. The van der Waals surface area contributed by atoms with Crippen molar-refractivity contribution in [2.75, 3.05) is 9.62 Å². The number of aromatic amines is 1. The van der Waals surface area contributed by atoms with E-state index >= 15 is 0 Å². The number of aromatic nitrogens is 6. The summed E-state index contributed by atoms with van der Waals surface area (Å²) in [6.07, 6.45) is 5.63. The Morgan fingerprint density at radius 1 is 1.03 bits per heavy atom. The second-order valence-electron chi connectivity index (χ2n) is 6.45. The largest absolute Gasteiger partial charge is 0.358 e. The molecule has 1 aliphatic heterocycles. The van der Waals surface area contributed by atoms with Crippen molar-refractivity contribution in [3.63, 3.8) is 0 Å². The van der Waals surface area contributed by atoms with Crippen LogP contribution in [0.3, 0.4) is 0 Å². The Hall–Kier alpha value is -3.93. The Balaban J connectivity index is 1.64. The lowest BCUT2D eigenvalue weighted by Crippen LogP contribution is -2.47. The third-order valence-electron chi connectivity index (χ3n) is 4.51. The molecule has 30 heavy (non-hydrogen) atoms. The summed E-state index contributed by atoms with van der Waals surface area (Å²) in [5.41, 5.74) is 1.54. The smallest absolute Gasteiger partial charge is 0.291 e. The van der Waals surface area contributed by atoms with Crippen LogP contribution in [0.5, 0.6) is 0 Å². The van der Waals surface area contributed by atoms with Gasteiger partial charge in [0.15, 0.2) is 17.3 Å². The summed E-state index contributed by atoms with van der Waals surface area (Å²) >= 11 is 0. The zero-order valence-electron chi connectivity index (χ0n) is 15.6. The fourth-order valence-corrected chi connectivity index (χ4v) is 4.73. The fraction of sp³-hybridized carbons (Fsp3) is 0.111. The summed E-state index contributed by atoms with van der Waals surface area (Å²) in [4.78, 5) is 28.1. The second-order valence-corrected chi connectivity index (χ2v) is 8.15. The molecule has 1 atom stereocenters. The average molecular weight is 421 g/mol. The molecule has 5 rings (SSSR count). The van der Waals surface area contributed by atoms with E-state index in [1.165, 1.54) is 29.4 Å². The van der Waals surface area contributed by atoms with E-state index in [9.17, 15) is 8.42 Å². The van der Waals surface area contributed by atoms with Gasteiger partial charge in [-0.2, -0.15) is 8.42 Å². The highest BCUT2D eigenvalue weighted by Gasteiger charge is 2.39. The van der Waals surface area contributed by atoms with Crippen molar-refractivity contribution >= 4 is 44.3 Å². The summed E-state index contributed by atoms with van der Waals surface area (Å²) in [6, 6.07) is 8.15. The molecule has 0 aliphatic carbocycles. The Bertz CT molecular complexity index is 1370. The molecule has 0 fully saturated rings. The lowest BCUT2D eigenvalue weighted by Gasteiger charge is -2.31. The van der Waals surface area contributed by atoms with E-state index in [0.29, 0.717) is 22.7 Å². The maximum Gasteiger partial charge on any atom is 0.291 e. The number of anilines is 2. The van der Waals surface area contributed by atoms with E-state index in [1.807, 2.05) is 6.07 Å². The minimum absolute atomic E-state index is 0.0442. The molecule has 3 aromatic heterocycles. The molecule has 0 bridgehead atoms. The minimum atomic E-state index is -4.02. The highest BCUT2D eigenvalue weighted by Crippen LogP contribution is 2.33. The summed E-state index contributed by atoms with van der Waals surface area (Å²) in [7, 11) is -4.02. The van der Waals surface area contributed by atoms with E-state index in [0.717, 1.165) is 0 Å². The van der Waals surface area contributed by atoms with Gasteiger partial charge in [0.05, 0.1) is 18.1 Å². The quantitative estimate of drug-likeness (QED) is 0.509. The van der Waals surface area contributed by atoms with Gasteiger partial charge >= 0.3 is 0 Å². The highest BCUT2D eigenvalue weighted by atomic mass is 32.2. The van der Waals surface area contributed by atoms with E-state index in [1.54, 1.807) is 31.2 Å². The van der Waals surface area contributed by atoms with Gasteiger partial charge in [-0.05, 0) is 19.1 Å². The van der Waals surface area contributed by atoms with Crippen LogP contribution >= 0.6 is 0 Å². The Labute approximate surface area is 171 Å². The molecule has 4 aromatic rings. The molecule has 0 saturated heterocycles. The number of hydrogen-bond donors (Lipinski definition) is 2. The van der Waals surface area contributed by atoms with Crippen LogP contribution in [0.25, 0.3) is 11.2 Å². The number of nitrogens with zero attached hydrogens (tertiary/aromatic N) is 7. The topological polar surface area (TPSA) is 142 Å². The lowest BCUT2D eigenvalue weighted by molar-refractivity contribution is 0.591. The Kier molecular flexibility index (Phi) is 4.13. The molecule has 1 aromatic carbocycles. The molecule has 1 unspecified atom stereocenters. The van der Waals surface area contributed by atoms with E-state index in [-0.39, 0.29) is 16.7 Å². The normalized spacial score (nSPS) is 16.0. The third-order valence-corrected chi connectivity index (χ3v) is 6.17. The molecule has 0 spiro atoms. The summed E-state index contributed by atoms with van der Waals surface area (Å²) < 4.78 is 28.0. The van der Waals surface area contributed by atoms with Crippen LogP contribution in [-0.4, -0.2) is 50.2 Å². The number of para-hydroxylation sites is 1. The van der Waals surface area contributed by atoms with Crippen LogP contribution in [0.15, 0.2) is 65.4 Å². The summed E-state index contributed by atoms with van der Waals surface area (Å²) in [5.74, 6) is 0.756. The van der Waals surface area contributed by atoms with Gasteiger partial charge in [0.25, 0.3) is 10.0 Å². The number of hydrogen-bond acceptors (Lipinski definition) is 9. The monoisotopic (exact) mass is 421 g/mol. The molecule has 11 nitrogen and oxygen atoms in total. The number of H-pyrrole nitrogens is 1. The molecule has 150 valence electrons. The van der Waals surface area contributed by atoms with Gasteiger partial charge in [-0.15, -0.1) is 0 Å². The molecule has 0 radical (unpaired) electrons. The van der Waals surface area contributed by atoms with Gasteiger partial charge in [-0.3, -0.25) is 0 Å². The van der Waals surface area contributed by atoms with Crippen LogP contribution in [-0.2, 0) is 10.0 Å². The first-order valence-corrected chi connectivity index (χ1v) is 10.4. The van der Waals surface area contributed by atoms with Gasteiger partial charge < -0.3 is 10.3 Å². The zero-order chi connectivity index (χ0) is 20.7. The third kappa shape index (κ3) is 2.85. The number of fused-ring (bicyclic) bond motifs is 2. The maximum absolute atomic E-state index is 13.4. The number of nitrogens with one attached hydrogen (secondary N) is 2. The summed E-state index contributed by atoms with van der Waals surface area (Å²) in [5, 5.41) is 3.01. The molecule has 1 aliphatic rings. The maximum atomic E-state index is 13.4. The van der Waals surface area contributed by atoms with Crippen molar-refractivity contribution in [3.8, 4) is 0 Å². The second kappa shape index (κ2) is 6.84. The number of amidine groups is 1. The van der Waals surface area contributed by atoms with Gasteiger partial charge in [-0.25, -0.2) is 34.2 Å². The van der Waals surface area contributed by atoms with Crippen molar-refractivity contribution in [2.24, 2.45) is 4.99 Å². The van der Waals surface area contributed by atoms with Crippen molar-refractivity contribution in [3.05, 3.63) is 55.4 Å². The van der Waals surface area contributed by atoms with Crippen molar-refractivity contribution in [1.29, 1.82) is 0 Å². The average Bonchev–Trinajstić information content (AvgIpc) is 3.24. The van der Waals surface area contributed by atoms with Crippen LogP contribution in [0.2, 0.25) is 0 Å². The number of aliphatic imine (C=N–C) groups is 1. The molecule has 2 N–H and O–H groups in total. The molecule has 4 heterocycles. The number of rotatable bonds is 4. The van der Waals surface area contributed by atoms with Gasteiger partial charge in [-0.1, -0.05) is 18.2 Å². The number of sulfonamides is 1. The highest BCUT2D eigenvalue weighted by molar-refractivity contribution is 7.93. The standard InChI is InChI=1S/C18H15N9O2S/c1-11(25-15-13-14(22-9-21-13)23-10-24-15)17-26-16-18(20-8-7-19-16)30(28,29)27(17)12-5-3-2-4-6-12/h2-11H,1H3,(H2,21,22,23,24,25). The molecular weight excluding hydrogens is 406 g/mol. The summed E-state index contributed by atoms with van der Waals surface area (Å²) in [6.45, 7) is 1.79. The van der Waals surface area contributed by atoms with Crippen molar-refractivity contribution in [1.82, 2.24) is 29.9 Å². The van der Waals surface area contributed by atoms with Crippen molar-refractivity contribution in [2.45, 2.75) is 18.0 Å². The van der Waals surface area contributed by atoms with E-state index in [4.69, 9.17) is 0 Å². The van der Waals surface area contributed by atoms with Gasteiger partial charge in [0.1, 0.15) is 17.7 Å². The zero-order valence-corrected chi connectivity index (χ0v) is 16.4. The minimum Gasteiger partial charge on any atom is -0.358 e. The fourth-order valence-electron chi connectivity index (χ4n) is 3.19. The van der Waals surface area contributed by atoms with Crippen LogP contribution in [0.4, 0.5) is 17.3 Å².